The SMILES string of the molecule is COC(=O)N[C@H](C(=O)N1CCC[C@H]1c1ncc(-c2ccc(-c3cnc4cc(-c5cnc([C@@H]6CCCN6C(=O)CNC(C)=O)[nH]5)ccc4n3)cc2)[nH]1)C(C)C. The van der Waals surface area contributed by atoms with E-state index in [0.29, 0.717) is 18.9 Å². The molecule has 15 heteroatoms. The van der Waals surface area contributed by atoms with Crippen molar-refractivity contribution in [2.45, 2.75) is 64.6 Å². The molecule has 2 aliphatic heterocycles. The van der Waals surface area contributed by atoms with Crippen LogP contribution in [0.2, 0.25) is 0 Å². The average molecular weight is 733 g/mol. The molecule has 2 aliphatic rings. The summed E-state index contributed by atoms with van der Waals surface area (Å²) in [4.78, 5) is 78.8. The lowest BCUT2D eigenvalue weighted by Gasteiger charge is -2.30. The van der Waals surface area contributed by atoms with E-state index in [2.05, 4.69) is 30.6 Å². The Balaban J connectivity index is 1.02. The van der Waals surface area contributed by atoms with Gasteiger partial charge < -0.3 is 35.1 Å². The smallest absolute Gasteiger partial charge is 0.407 e. The van der Waals surface area contributed by atoms with Gasteiger partial charge >= 0.3 is 6.09 Å². The molecule has 2 fully saturated rings. The van der Waals surface area contributed by atoms with E-state index in [1.807, 2.05) is 56.3 Å². The van der Waals surface area contributed by atoms with Crippen LogP contribution in [0.1, 0.15) is 70.2 Å². The molecule has 0 bridgehead atoms. The highest BCUT2D eigenvalue weighted by atomic mass is 16.5. The molecule has 3 atom stereocenters. The number of rotatable bonds is 10. The summed E-state index contributed by atoms with van der Waals surface area (Å²) >= 11 is 0. The van der Waals surface area contributed by atoms with E-state index >= 15 is 0 Å². The highest BCUT2D eigenvalue weighted by Gasteiger charge is 2.37. The second-order valence-corrected chi connectivity index (χ2v) is 14.1. The Bertz CT molecular complexity index is 2180. The number of methoxy groups -OCH3 is 1. The Kier molecular flexibility index (Phi) is 10.4. The molecular weight excluding hydrogens is 688 g/mol. The molecule has 0 aliphatic carbocycles. The molecule has 0 unspecified atom stereocenters. The highest BCUT2D eigenvalue weighted by Crippen LogP contribution is 2.34. The third-order valence-corrected chi connectivity index (χ3v) is 10.2. The zero-order valence-electron chi connectivity index (χ0n) is 30.8. The quantitative estimate of drug-likeness (QED) is 0.154. The molecule has 0 spiro atoms. The number of amides is 4. The number of carbonyl (C=O) groups is 4. The minimum absolute atomic E-state index is 0.0242. The molecule has 2 saturated heterocycles. The Morgan fingerprint density at radius 3 is 2.07 bits per heavy atom. The van der Waals surface area contributed by atoms with Gasteiger partial charge in [0.15, 0.2) is 0 Å². The van der Waals surface area contributed by atoms with E-state index in [-0.39, 0.29) is 42.3 Å². The van der Waals surface area contributed by atoms with Crippen LogP contribution in [-0.2, 0) is 19.1 Å². The molecule has 2 aromatic carbocycles. The van der Waals surface area contributed by atoms with Crippen molar-refractivity contribution in [3.05, 3.63) is 72.7 Å². The van der Waals surface area contributed by atoms with Gasteiger partial charge in [-0.2, -0.15) is 0 Å². The summed E-state index contributed by atoms with van der Waals surface area (Å²) in [5.74, 6) is 0.812. The van der Waals surface area contributed by atoms with Gasteiger partial charge in [0.25, 0.3) is 0 Å². The van der Waals surface area contributed by atoms with Crippen LogP contribution in [0, 0.1) is 5.92 Å². The minimum atomic E-state index is -0.693. The largest absolute Gasteiger partial charge is 0.453 e. The second-order valence-electron chi connectivity index (χ2n) is 14.1. The number of carbonyl (C=O) groups excluding carboxylic acids is 4. The van der Waals surface area contributed by atoms with Crippen molar-refractivity contribution in [3.8, 4) is 33.8 Å². The fourth-order valence-electron chi connectivity index (χ4n) is 7.29. The average Bonchev–Trinajstić information content (AvgIpc) is 4.02. The summed E-state index contributed by atoms with van der Waals surface area (Å²) in [6.45, 7) is 6.38. The van der Waals surface area contributed by atoms with E-state index in [0.717, 1.165) is 76.3 Å². The Hall–Kier alpha value is -6.12. The Labute approximate surface area is 312 Å². The molecule has 4 N–H and O–H groups in total. The molecule has 15 nitrogen and oxygen atoms in total. The van der Waals surface area contributed by atoms with Crippen molar-refractivity contribution in [3.63, 3.8) is 0 Å². The number of nitrogens with zero attached hydrogens (tertiary/aromatic N) is 6. The topological polar surface area (TPSA) is 191 Å². The van der Waals surface area contributed by atoms with Gasteiger partial charge in [-0.3, -0.25) is 19.4 Å². The van der Waals surface area contributed by atoms with E-state index in [1.165, 1.54) is 14.0 Å². The maximum atomic E-state index is 13.5. The maximum Gasteiger partial charge on any atom is 0.407 e. The lowest BCUT2D eigenvalue weighted by molar-refractivity contribution is -0.135. The maximum absolute atomic E-state index is 13.5. The number of hydrogen-bond acceptors (Lipinski definition) is 9. The van der Waals surface area contributed by atoms with Crippen LogP contribution in [0.15, 0.2) is 61.1 Å². The van der Waals surface area contributed by atoms with Crippen molar-refractivity contribution in [1.82, 2.24) is 50.3 Å². The van der Waals surface area contributed by atoms with Crippen LogP contribution < -0.4 is 10.6 Å². The number of aromatic amines is 2. The van der Waals surface area contributed by atoms with Crippen molar-refractivity contribution in [2.24, 2.45) is 5.92 Å². The van der Waals surface area contributed by atoms with Gasteiger partial charge in [-0.1, -0.05) is 44.2 Å². The summed E-state index contributed by atoms with van der Waals surface area (Å²) < 4.78 is 4.75. The third kappa shape index (κ3) is 7.52. The van der Waals surface area contributed by atoms with E-state index in [9.17, 15) is 19.2 Å². The van der Waals surface area contributed by atoms with Crippen molar-refractivity contribution < 1.29 is 23.9 Å². The first kappa shape index (κ1) is 36.2. The standard InChI is InChI=1S/C39H44N10O5/c1-22(2)35(47-39(53)54-4)38(52)49-16-6-8-33(49)37-42-19-30(45-37)25-11-9-24(10-12-25)29-18-41-28-17-26(13-14-27(28)44-29)31-20-43-36(46-31)32-7-5-15-48(32)34(51)21-40-23(3)50/h9-14,17-20,22,32-33,35H,5-8,15-16,21H2,1-4H3,(H,40,50)(H,42,45)(H,43,46)(H,47,53)/t32-,33-,35-/m0/s1. The van der Waals surface area contributed by atoms with Gasteiger partial charge in [0, 0.05) is 31.1 Å². The zero-order chi connectivity index (χ0) is 37.9. The first-order chi connectivity index (χ1) is 26.1. The summed E-state index contributed by atoms with van der Waals surface area (Å²) in [6, 6.07) is 12.8. The molecule has 4 amide bonds. The second kappa shape index (κ2) is 15.5. The van der Waals surface area contributed by atoms with E-state index in [1.54, 1.807) is 28.4 Å². The number of hydrogen-bond donors (Lipinski definition) is 4. The number of ether oxygens (including phenoxy) is 1. The predicted octanol–water partition coefficient (Wildman–Crippen LogP) is 4.92. The van der Waals surface area contributed by atoms with Gasteiger partial charge in [0.05, 0.1) is 72.4 Å². The lowest BCUT2D eigenvalue weighted by atomic mass is 10.0. The van der Waals surface area contributed by atoms with Gasteiger partial charge in [-0.15, -0.1) is 0 Å². The molecule has 0 saturated carbocycles. The van der Waals surface area contributed by atoms with Crippen LogP contribution in [0.4, 0.5) is 4.79 Å². The predicted molar refractivity (Wildman–Crippen MR) is 200 cm³/mol. The molecule has 7 rings (SSSR count). The molecule has 280 valence electrons. The number of benzene rings is 2. The normalized spacial score (nSPS) is 17.6. The van der Waals surface area contributed by atoms with Gasteiger partial charge in [-0.25, -0.2) is 19.7 Å². The van der Waals surface area contributed by atoms with Crippen molar-refractivity contribution >= 4 is 34.8 Å². The fourth-order valence-corrected chi connectivity index (χ4v) is 7.29. The number of fused-ring (bicyclic) bond motifs is 1. The van der Waals surface area contributed by atoms with Crippen LogP contribution in [0.25, 0.3) is 44.8 Å². The summed E-state index contributed by atoms with van der Waals surface area (Å²) in [7, 11) is 1.29. The number of aromatic nitrogens is 6. The van der Waals surface area contributed by atoms with Gasteiger partial charge in [-0.05, 0) is 49.3 Å². The van der Waals surface area contributed by atoms with Crippen molar-refractivity contribution in [1.29, 1.82) is 0 Å². The number of H-pyrrole nitrogens is 2. The van der Waals surface area contributed by atoms with E-state index in [4.69, 9.17) is 14.7 Å². The molecule has 54 heavy (non-hydrogen) atoms. The van der Waals surface area contributed by atoms with Crippen LogP contribution in [0.3, 0.4) is 0 Å². The van der Waals surface area contributed by atoms with Gasteiger partial charge in [0.1, 0.15) is 17.7 Å². The van der Waals surface area contributed by atoms with Crippen molar-refractivity contribution in [2.75, 3.05) is 26.7 Å². The van der Waals surface area contributed by atoms with Crippen LogP contribution in [-0.4, -0.2) is 96.3 Å². The number of alkyl carbamates (subject to hydrolysis) is 1. The van der Waals surface area contributed by atoms with E-state index < -0.39 is 12.1 Å². The summed E-state index contributed by atoms with van der Waals surface area (Å²) in [5.41, 5.74) is 6.64. The number of imidazole rings is 2. The Morgan fingerprint density at radius 1 is 0.815 bits per heavy atom. The molecule has 3 aromatic heterocycles. The summed E-state index contributed by atoms with van der Waals surface area (Å²) in [6.07, 6.45) is 7.97. The number of likely N-dealkylation sites (tertiary alicyclic amines) is 2. The van der Waals surface area contributed by atoms with Gasteiger partial charge in [0.2, 0.25) is 17.7 Å². The van der Waals surface area contributed by atoms with Crippen LogP contribution >= 0.6 is 0 Å². The number of nitrogens with one attached hydrogen (secondary N) is 4. The Morgan fingerprint density at radius 2 is 1.43 bits per heavy atom. The molecule has 0 radical (unpaired) electrons. The molecule has 5 aromatic rings. The third-order valence-electron chi connectivity index (χ3n) is 10.2. The highest BCUT2D eigenvalue weighted by molar-refractivity contribution is 5.87. The minimum Gasteiger partial charge on any atom is -0.453 e. The molecule has 5 heterocycles. The first-order valence-electron chi connectivity index (χ1n) is 18.3. The monoisotopic (exact) mass is 732 g/mol. The molecular formula is C39H44N10O5. The fraction of sp³-hybridized carbons (Fsp3) is 0.385. The first-order valence-corrected chi connectivity index (χ1v) is 18.3. The lowest BCUT2D eigenvalue weighted by Crippen LogP contribution is -2.51. The van der Waals surface area contributed by atoms with Crippen LogP contribution in [0.5, 0.6) is 0 Å². The zero-order valence-corrected chi connectivity index (χ0v) is 30.8. The summed E-state index contributed by atoms with van der Waals surface area (Å²) in [5, 5.41) is 5.28.